The fraction of sp³-hybridized carbons (Fsp3) is 0.250. The van der Waals surface area contributed by atoms with Crippen LogP contribution in [-0.2, 0) is 6.42 Å². The van der Waals surface area contributed by atoms with Gasteiger partial charge in [0.15, 0.2) is 0 Å². The first-order chi connectivity index (χ1) is 8.20. The molecule has 90 valence electrons. The van der Waals surface area contributed by atoms with Gasteiger partial charge in [-0.1, -0.05) is 6.07 Å². The van der Waals surface area contributed by atoms with Crippen LogP contribution in [0.25, 0.3) is 0 Å². The predicted octanol–water partition coefficient (Wildman–Crippen LogP) is 2.66. The summed E-state index contributed by atoms with van der Waals surface area (Å²) in [6.45, 7) is 0. The van der Waals surface area contributed by atoms with Gasteiger partial charge in [0.25, 0.3) is 0 Å². The molecule has 5 heteroatoms. The van der Waals surface area contributed by atoms with Crippen LogP contribution in [0.1, 0.15) is 17.4 Å². The molecule has 0 aliphatic heterocycles. The zero-order valence-corrected chi connectivity index (χ0v) is 11.5. The Morgan fingerprint density at radius 2 is 2.35 bits per heavy atom. The van der Waals surface area contributed by atoms with Crippen molar-refractivity contribution >= 4 is 22.6 Å². The monoisotopic (exact) mass is 345 g/mol. The van der Waals surface area contributed by atoms with Crippen molar-refractivity contribution in [1.29, 1.82) is 0 Å². The van der Waals surface area contributed by atoms with E-state index in [2.05, 4.69) is 37.9 Å². The van der Waals surface area contributed by atoms with Crippen LogP contribution in [0.5, 0.6) is 0 Å². The van der Waals surface area contributed by atoms with E-state index in [1.807, 2.05) is 13.1 Å². The van der Waals surface area contributed by atoms with Crippen molar-refractivity contribution in [3.05, 3.63) is 51.4 Å². The van der Waals surface area contributed by atoms with Crippen LogP contribution in [0.4, 0.5) is 4.39 Å². The summed E-state index contributed by atoms with van der Waals surface area (Å²) in [6, 6.07) is 4.99. The number of halogens is 2. The van der Waals surface area contributed by atoms with Gasteiger partial charge in [-0.2, -0.15) is 0 Å². The molecule has 1 atom stereocenters. The van der Waals surface area contributed by atoms with E-state index in [1.165, 1.54) is 6.07 Å². The first-order valence-electron chi connectivity index (χ1n) is 5.31. The molecule has 0 saturated heterocycles. The van der Waals surface area contributed by atoms with Crippen LogP contribution < -0.4 is 5.32 Å². The number of rotatable bonds is 4. The van der Waals surface area contributed by atoms with E-state index in [-0.39, 0.29) is 11.9 Å². The third kappa shape index (κ3) is 3.04. The van der Waals surface area contributed by atoms with Gasteiger partial charge in [0.05, 0.1) is 0 Å². The number of H-pyrrole nitrogens is 1. The normalized spacial score (nSPS) is 12.6. The minimum atomic E-state index is -0.203. The molecule has 1 aromatic carbocycles. The van der Waals surface area contributed by atoms with Crippen molar-refractivity contribution < 1.29 is 4.39 Å². The van der Waals surface area contributed by atoms with Gasteiger partial charge in [0, 0.05) is 28.4 Å². The van der Waals surface area contributed by atoms with Crippen LogP contribution in [-0.4, -0.2) is 17.0 Å². The summed E-state index contributed by atoms with van der Waals surface area (Å²) in [5, 5.41) is 3.23. The minimum absolute atomic E-state index is 0.133. The zero-order valence-electron chi connectivity index (χ0n) is 9.37. The molecule has 2 N–H and O–H groups in total. The molecule has 1 aromatic heterocycles. The van der Waals surface area contributed by atoms with E-state index in [1.54, 1.807) is 18.5 Å². The standard InChI is InChI=1S/C12H13FIN3/c1-15-11(7-12-16-4-5-17-12)9-3-2-8(13)6-10(9)14/h2-6,11,15H,7H2,1H3,(H,16,17). The molecule has 0 saturated carbocycles. The van der Waals surface area contributed by atoms with Gasteiger partial charge in [-0.15, -0.1) is 0 Å². The summed E-state index contributed by atoms with van der Waals surface area (Å²) >= 11 is 2.16. The number of hydrogen-bond donors (Lipinski definition) is 2. The van der Waals surface area contributed by atoms with Crippen LogP contribution in [0, 0.1) is 9.39 Å². The number of imidazole rings is 1. The number of nitrogens with zero attached hydrogens (tertiary/aromatic N) is 1. The molecule has 0 fully saturated rings. The highest BCUT2D eigenvalue weighted by atomic mass is 127. The maximum absolute atomic E-state index is 13.0. The molecule has 2 rings (SSSR count). The molecule has 0 bridgehead atoms. The third-order valence-electron chi connectivity index (χ3n) is 2.64. The van der Waals surface area contributed by atoms with Crippen molar-refractivity contribution in [2.45, 2.75) is 12.5 Å². The Labute approximate surface area is 113 Å². The van der Waals surface area contributed by atoms with Crippen molar-refractivity contribution in [2.75, 3.05) is 7.05 Å². The second-order valence-corrected chi connectivity index (χ2v) is 4.91. The van der Waals surface area contributed by atoms with Crippen molar-refractivity contribution in [1.82, 2.24) is 15.3 Å². The summed E-state index contributed by atoms with van der Waals surface area (Å²) in [5.74, 6) is 0.718. The fourth-order valence-corrected chi connectivity index (χ4v) is 2.61. The minimum Gasteiger partial charge on any atom is -0.349 e. The summed E-state index contributed by atoms with van der Waals surface area (Å²) in [5.41, 5.74) is 1.09. The average Bonchev–Trinajstić information content (AvgIpc) is 2.79. The zero-order chi connectivity index (χ0) is 12.3. The van der Waals surface area contributed by atoms with Gasteiger partial charge in [-0.05, 0) is 47.3 Å². The Kier molecular flexibility index (Phi) is 4.11. The Morgan fingerprint density at radius 3 is 2.94 bits per heavy atom. The molecule has 3 nitrogen and oxygen atoms in total. The fourth-order valence-electron chi connectivity index (χ4n) is 1.75. The molecule has 0 aliphatic carbocycles. The van der Waals surface area contributed by atoms with Gasteiger partial charge >= 0.3 is 0 Å². The van der Waals surface area contributed by atoms with Gasteiger partial charge in [0.1, 0.15) is 11.6 Å². The third-order valence-corrected chi connectivity index (χ3v) is 3.57. The molecule has 0 aliphatic rings. The van der Waals surface area contributed by atoms with Crippen LogP contribution in [0.15, 0.2) is 30.6 Å². The summed E-state index contributed by atoms with van der Waals surface area (Å²) in [4.78, 5) is 7.28. The summed E-state index contributed by atoms with van der Waals surface area (Å²) < 4.78 is 14.0. The Hall–Kier alpha value is -0.950. The van der Waals surface area contributed by atoms with E-state index in [4.69, 9.17) is 0 Å². The highest BCUT2D eigenvalue weighted by molar-refractivity contribution is 14.1. The Morgan fingerprint density at radius 1 is 1.53 bits per heavy atom. The lowest BCUT2D eigenvalue weighted by Gasteiger charge is -2.17. The molecule has 0 amide bonds. The number of likely N-dealkylation sites (N-methyl/N-ethyl adjacent to an activating group) is 1. The van der Waals surface area contributed by atoms with Gasteiger partial charge in [0.2, 0.25) is 0 Å². The lowest BCUT2D eigenvalue weighted by atomic mass is 10.0. The summed E-state index contributed by atoms with van der Waals surface area (Å²) in [6.07, 6.45) is 4.29. The molecule has 0 spiro atoms. The molecule has 1 unspecified atom stereocenters. The first-order valence-corrected chi connectivity index (χ1v) is 6.39. The molecular formula is C12H13FIN3. The Bertz CT molecular complexity index is 485. The molecule has 0 radical (unpaired) electrons. The molecule has 1 heterocycles. The number of aromatic amines is 1. The second-order valence-electron chi connectivity index (χ2n) is 3.75. The van der Waals surface area contributed by atoms with Crippen molar-refractivity contribution in [3.8, 4) is 0 Å². The predicted molar refractivity (Wildman–Crippen MR) is 73.2 cm³/mol. The maximum atomic E-state index is 13.0. The molecular weight excluding hydrogens is 332 g/mol. The number of nitrogens with one attached hydrogen (secondary N) is 2. The van der Waals surface area contributed by atoms with Gasteiger partial charge in [-0.25, -0.2) is 9.37 Å². The van der Waals surface area contributed by atoms with E-state index in [0.29, 0.717) is 0 Å². The van der Waals surface area contributed by atoms with E-state index in [9.17, 15) is 4.39 Å². The number of hydrogen-bond acceptors (Lipinski definition) is 2. The van der Waals surface area contributed by atoms with E-state index >= 15 is 0 Å². The van der Waals surface area contributed by atoms with Crippen LogP contribution in [0.2, 0.25) is 0 Å². The van der Waals surface area contributed by atoms with Crippen molar-refractivity contribution in [2.24, 2.45) is 0 Å². The van der Waals surface area contributed by atoms with Crippen LogP contribution in [0.3, 0.4) is 0 Å². The second kappa shape index (κ2) is 5.59. The Balaban J connectivity index is 2.23. The lowest BCUT2D eigenvalue weighted by molar-refractivity contribution is 0.570. The molecule has 17 heavy (non-hydrogen) atoms. The summed E-state index contributed by atoms with van der Waals surface area (Å²) in [7, 11) is 1.90. The quantitative estimate of drug-likeness (QED) is 0.837. The average molecular weight is 345 g/mol. The number of aromatic nitrogens is 2. The SMILES string of the molecule is CNC(Cc1ncc[nH]1)c1ccc(F)cc1I. The highest BCUT2D eigenvalue weighted by Crippen LogP contribution is 2.23. The largest absolute Gasteiger partial charge is 0.349 e. The topological polar surface area (TPSA) is 40.7 Å². The first kappa shape index (κ1) is 12.5. The smallest absolute Gasteiger partial charge is 0.124 e. The van der Waals surface area contributed by atoms with Crippen LogP contribution >= 0.6 is 22.6 Å². The molecule has 2 aromatic rings. The highest BCUT2D eigenvalue weighted by Gasteiger charge is 2.14. The van der Waals surface area contributed by atoms with Gasteiger partial charge in [-0.3, -0.25) is 0 Å². The maximum Gasteiger partial charge on any atom is 0.124 e. The van der Waals surface area contributed by atoms with E-state index in [0.717, 1.165) is 21.4 Å². The lowest BCUT2D eigenvalue weighted by Crippen LogP contribution is -2.20. The van der Waals surface area contributed by atoms with E-state index < -0.39 is 0 Å². The van der Waals surface area contributed by atoms with Crippen molar-refractivity contribution in [3.63, 3.8) is 0 Å². The van der Waals surface area contributed by atoms with Gasteiger partial charge < -0.3 is 10.3 Å². The number of benzene rings is 1.